The third kappa shape index (κ3) is 6.13. The van der Waals surface area contributed by atoms with Gasteiger partial charge < -0.3 is 14.8 Å². The highest BCUT2D eigenvalue weighted by Gasteiger charge is 2.22. The summed E-state index contributed by atoms with van der Waals surface area (Å²) in [5, 5.41) is 15.1. The summed E-state index contributed by atoms with van der Waals surface area (Å²) in [7, 11) is 0. The Hall–Kier alpha value is -2.82. The highest BCUT2D eigenvalue weighted by atomic mass is 32.1. The molecular formula is C16H21N5O5S. The standard InChI is InChI=1S/C16H21N5O5S/c1-4-25-16(24)14-11(5-10(2)3)8-27-15(14)18-12(22)7-26-13(23)6-21-9-17-19-20-21/h8-10H,4-7H2,1-3H3,(H,18,22). The van der Waals surface area contributed by atoms with Crippen LogP contribution >= 0.6 is 11.3 Å². The fourth-order valence-electron chi connectivity index (χ4n) is 2.24. The average Bonchev–Trinajstić information content (AvgIpc) is 3.23. The summed E-state index contributed by atoms with van der Waals surface area (Å²) in [6.45, 7) is 5.34. The van der Waals surface area contributed by atoms with E-state index in [1.807, 2.05) is 19.2 Å². The molecule has 1 amide bonds. The molecular weight excluding hydrogens is 374 g/mol. The topological polar surface area (TPSA) is 125 Å². The molecule has 0 fully saturated rings. The first-order valence-electron chi connectivity index (χ1n) is 8.34. The second-order valence-electron chi connectivity index (χ2n) is 6.00. The number of carbonyl (C=O) groups is 3. The summed E-state index contributed by atoms with van der Waals surface area (Å²) < 4.78 is 11.2. The fraction of sp³-hybridized carbons (Fsp3) is 0.500. The molecule has 0 saturated carbocycles. The Morgan fingerprint density at radius 3 is 2.70 bits per heavy atom. The van der Waals surface area contributed by atoms with E-state index in [2.05, 4.69) is 20.8 Å². The lowest BCUT2D eigenvalue weighted by atomic mass is 10.0. The molecule has 2 aromatic rings. The van der Waals surface area contributed by atoms with Gasteiger partial charge in [-0.2, -0.15) is 0 Å². The molecule has 2 aromatic heterocycles. The van der Waals surface area contributed by atoms with E-state index >= 15 is 0 Å². The van der Waals surface area contributed by atoms with Gasteiger partial charge in [0, 0.05) is 0 Å². The molecule has 0 bridgehead atoms. The number of esters is 2. The molecule has 1 N–H and O–H groups in total. The van der Waals surface area contributed by atoms with Crippen LogP contribution in [-0.2, 0) is 32.0 Å². The van der Waals surface area contributed by atoms with E-state index in [0.717, 1.165) is 5.56 Å². The van der Waals surface area contributed by atoms with E-state index in [-0.39, 0.29) is 13.2 Å². The van der Waals surface area contributed by atoms with Gasteiger partial charge in [0.1, 0.15) is 17.9 Å². The van der Waals surface area contributed by atoms with Gasteiger partial charge in [0.05, 0.1) is 12.2 Å². The second kappa shape index (κ2) is 9.76. The molecule has 0 atom stereocenters. The predicted molar refractivity (Wildman–Crippen MR) is 96.2 cm³/mol. The number of amides is 1. The van der Waals surface area contributed by atoms with Crippen molar-refractivity contribution in [3.05, 3.63) is 22.8 Å². The number of nitrogens with zero attached hydrogens (tertiary/aromatic N) is 4. The minimum atomic E-state index is -0.658. The zero-order valence-electron chi connectivity index (χ0n) is 15.3. The molecule has 2 rings (SSSR count). The van der Waals surface area contributed by atoms with Crippen LogP contribution < -0.4 is 5.32 Å². The van der Waals surface area contributed by atoms with Crippen LogP contribution in [0.1, 0.15) is 36.7 Å². The van der Waals surface area contributed by atoms with Crippen LogP contribution in [0.5, 0.6) is 0 Å². The first-order chi connectivity index (χ1) is 12.9. The Morgan fingerprint density at radius 2 is 2.07 bits per heavy atom. The Kier molecular flexibility index (Phi) is 7.41. The SMILES string of the molecule is CCOC(=O)c1c(CC(C)C)csc1NC(=O)COC(=O)Cn1cnnn1. The smallest absolute Gasteiger partial charge is 0.341 e. The van der Waals surface area contributed by atoms with Crippen LogP contribution in [0.25, 0.3) is 0 Å². The van der Waals surface area contributed by atoms with Crippen molar-refractivity contribution in [2.24, 2.45) is 5.92 Å². The van der Waals surface area contributed by atoms with E-state index in [1.54, 1.807) is 6.92 Å². The molecule has 10 nitrogen and oxygen atoms in total. The second-order valence-corrected chi connectivity index (χ2v) is 6.88. The Balaban J connectivity index is 1.98. The summed E-state index contributed by atoms with van der Waals surface area (Å²) in [6, 6.07) is 0. The number of nitrogens with one attached hydrogen (secondary N) is 1. The maximum atomic E-state index is 12.3. The van der Waals surface area contributed by atoms with E-state index in [4.69, 9.17) is 9.47 Å². The first-order valence-corrected chi connectivity index (χ1v) is 9.22. The molecule has 0 aliphatic heterocycles. The molecule has 11 heteroatoms. The largest absolute Gasteiger partial charge is 0.462 e. The van der Waals surface area contributed by atoms with Crippen LogP contribution in [0.2, 0.25) is 0 Å². The number of aromatic nitrogens is 4. The summed E-state index contributed by atoms with van der Waals surface area (Å²) >= 11 is 1.23. The number of rotatable bonds is 9. The van der Waals surface area contributed by atoms with E-state index in [9.17, 15) is 14.4 Å². The van der Waals surface area contributed by atoms with Gasteiger partial charge in [-0.25, -0.2) is 9.48 Å². The fourth-order valence-corrected chi connectivity index (χ4v) is 3.22. The summed E-state index contributed by atoms with van der Waals surface area (Å²) in [6.07, 6.45) is 1.94. The molecule has 0 saturated heterocycles. The monoisotopic (exact) mass is 395 g/mol. The summed E-state index contributed by atoms with van der Waals surface area (Å²) in [4.78, 5) is 36.0. The highest BCUT2D eigenvalue weighted by Crippen LogP contribution is 2.30. The summed E-state index contributed by atoms with van der Waals surface area (Å²) in [5.74, 6) is -1.36. The van der Waals surface area contributed by atoms with Gasteiger partial charge >= 0.3 is 11.9 Å². The van der Waals surface area contributed by atoms with E-state index < -0.39 is 24.5 Å². The Morgan fingerprint density at radius 1 is 1.30 bits per heavy atom. The molecule has 0 aliphatic carbocycles. The quantitative estimate of drug-likeness (QED) is 0.630. The van der Waals surface area contributed by atoms with Crippen molar-refractivity contribution in [3.63, 3.8) is 0 Å². The van der Waals surface area contributed by atoms with Gasteiger partial charge in [-0.1, -0.05) is 13.8 Å². The number of carbonyl (C=O) groups excluding carboxylic acids is 3. The lowest BCUT2D eigenvalue weighted by molar-refractivity contribution is -0.148. The number of hydrogen-bond acceptors (Lipinski definition) is 9. The van der Waals surface area contributed by atoms with E-state index in [0.29, 0.717) is 22.9 Å². The van der Waals surface area contributed by atoms with Gasteiger partial charge in [0.15, 0.2) is 6.61 Å². The van der Waals surface area contributed by atoms with Crippen LogP contribution in [0.15, 0.2) is 11.7 Å². The third-order valence-electron chi connectivity index (χ3n) is 3.27. The van der Waals surface area contributed by atoms with Gasteiger partial charge in [-0.3, -0.25) is 9.59 Å². The number of anilines is 1. The van der Waals surface area contributed by atoms with Gasteiger partial charge in [-0.05, 0) is 40.6 Å². The average molecular weight is 395 g/mol. The van der Waals surface area contributed by atoms with Crippen molar-refractivity contribution in [2.75, 3.05) is 18.5 Å². The zero-order valence-corrected chi connectivity index (χ0v) is 16.1. The molecule has 0 radical (unpaired) electrons. The highest BCUT2D eigenvalue weighted by molar-refractivity contribution is 7.15. The van der Waals surface area contributed by atoms with Crippen LogP contribution in [0.3, 0.4) is 0 Å². The Bertz CT molecular complexity index is 787. The van der Waals surface area contributed by atoms with Crippen molar-refractivity contribution in [3.8, 4) is 0 Å². The predicted octanol–water partition coefficient (Wildman–Crippen LogP) is 1.29. The summed E-state index contributed by atoms with van der Waals surface area (Å²) in [5.41, 5.74) is 1.17. The van der Waals surface area contributed by atoms with Gasteiger partial charge in [0.25, 0.3) is 5.91 Å². The molecule has 27 heavy (non-hydrogen) atoms. The third-order valence-corrected chi connectivity index (χ3v) is 4.22. The molecule has 0 unspecified atom stereocenters. The lowest BCUT2D eigenvalue weighted by Gasteiger charge is -2.10. The number of ether oxygens (including phenoxy) is 2. The van der Waals surface area contributed by atoms with Crippen LogP contribution in [0.4, 0.5) is 5.00 Å². The van der Waals surface area contributed by atoms with Gasteiger partial charge in [-0.15, -0.1) is 16.4 Å². The number of tetrazole rings is 1. The lowest BCUT2D eigenvalue weighted by Crippen LogP contribution is -2.23. The van der Waals surface area contributed by atoms with Crippen molar-refractivity contribution in [1.82, 2.24) is 20.2 Å². The number of hydrogen-bond donors (Lipinski definition) is 1. The maximum Gasteiger partial charge on any atom is 0.341 e. The van der Waals surface area contributed by atoms with Crippen molar-refractivity contribution >= 4 is 34.2 Å². The molecule has 0 aliphatic rings. The number of thiophene rings is 1. The van der Waals surface area contributed by atoms with Crippen molar-refractivity contribution in [2.45, 2.75) is 33.7 Å². The normalized spacial score (nSPS) is 10.7. The van der Waals surface area contributed by atoms with Crippen LogP contribution in [-0.4, -0.2) is 51.3 Å². The van der Waals surface area contributed by atoms with Gasteiger partial charge in [0.2, 0.25) is 0 Å². The molecule has 0 aromatic carbocycles. The molecule has 2 heterocycles. The van der Waals surface area contributed by atoms with Crippen molar-refractivity contribution in [1.29, 1.82) is 0 Å². The Labute approximate surface area is 159 Å². The van der Waals surface area contributed by atoms with Crippen molar-refractivity contribution < 1.29 is 23.9 Å². The maximum absolute atomic E-state index is 12.3. The zero-order chi connectivity index (χ0) is 19.8. The first kappa shape index (κ1) is 20.5. The van der Waals surface area contributed by atoms with Crippen LogP contribution in [0, 0.1) is 5.92 Å². The minimum Gasteiger partial charge on any atom is -0.462 e. The van der Waals surface area contributed by atoms with E-state index in [1.165, 1.54) is 22.3 Å². The molecule has 0 spiro atoms. The molecule has 146 valence electrons. The minimum absolute atomic E-state index is 0.202.